The van der Waals surface area contributed by atoms with Crippen molar-refractivity contribution < 1.29 is 9.47 Å². The van der Waals surface area contributed by atoms with Crippen LogP contribution in [0, 0.1) is 11.3 Å². The van der Waals surface area contributed by atoms with Crippen LogP contribution in [0.4, 0.5) is 0 Å². The second-order valence-corrected chi connectivity index (χ2v) is 6.57. The molecular weight excluding hydrogens is 314 g/mol. The van der Waals surface area contributed by atoms with Crippen LogP contribution in [0.1, 0.15) is 30.1 Å². The van der Waals surface area contributed by atoms with Crippen LogP contribution in [-0.2, 0) is 4.74 Å². The molecule has 4 rings (SSSR count). The van der Waals surface area contributed by atoms with Gasteiger partial charge in [0.15, 0.2) is 0 Å². The summed E-state index contributed by atoms with van der Waals surface area (Å²) >= 11 is 0. The van der Waals surface area contributed by atoms with Crippen LogP contribution in [0.2, 0.25) is 0 Å². The molecule has 2 unspecified atom stereocenters. The highest BCUT2D eigenvalue weighted by Crippen LogP contribution is 2.35. The minimum atomic E-state index is 0.182. The Bertz CT molecular complexity index is 747. The highest BCUT2D eigenvalue weighted by Gasteiger charge is 2.39. The molecule has 2 aliphatic rings. The van der Waals surface area contributed by atoms with Crippen molar-refractivity contribution in [3.8, 4) is 11.8 Å². The third kappa shape index (κ3) is 3.81. The van der Waals surface area contributed by atoms with Crippen molar-refractivity contribution in [2.24, 2.45) is 0 Å². The van der Waals surface area contributed by atoms with Crippen molar-refractivity contribution in [2.45, 2.75) is 31.1 Å². The Morgan fingerprint density at radius 3 is 2.64 bits per heavy atom. The predicted octanol–water partition coefficient (Wildman–Crippen LogP) is 2.94. The van der Waals surface area contributed by atoms with E-state index in [2.05, 4.69) is 46.3 Å². The van der Waals surface area contributed by atoms with Gasteiger partial charge in [-0.3, -0.25) is 4.90 Å². The van der Waals surface area contributed by atoms with Crippen LogP contribution in [-0.4, -0.2) is 41.8 Å². The van der Waals surface area contributed by atoms with Gasteiger partial charge in [0.1, 0.15) is 29.7 Å². The molecule has 25 heavy (non-hydrogen) atoms. The third-order valence-corrected chi connectivity index (χ3v) is 4.87. The Morgan fingerprint density at radius 2 is 1.96 bits per heavy atom. The SMILES string of the molecule is N#Cc1cc(OC2CCN(C(c3ccccc3)C3CO3)CC2)ccn1. The van der Waals surface area contributed by atoms with Gasteiger partial charge in [0, 0.05) is 25.4 Å². The lowest BCUT2D eigenvalue weighted by Crippen LogP contribution is -2.42. The molecule has 2 fully saturated rings. The van der Waals surface area contributed by atoms with Gasteiger partial charge in [-0.2, -0.15) is 5.26 Å². The number of hydrogen-bond donors (Lipinski definition) is 0. The molecule has 1 aromatic carbocycles. The summed E-state index contributed by atoms with van der Waals surface area (Å²) in [7, 11) is 0. The third-order valence-electron chi connectivity index (χ3n) is 4.87. The number of nitriles is 1. The molecule has 2 atom stereocenters. The molecule has 2 saturated heterocycles. The average molecular weight is 335 g/mol. The van der Waals surface area contributed by atoms with E-state index in [1.165, 1.54) is 5.56 Å². The summed E-state index contributed by atoms with van der Waals surface area (Å²) in [5.74, 6) is 0.732. The highest BCUT2D eigenvalue weighted by molar-refractivity contribution is 5.30. The molecule has 0 N–H and O–H groups in total. The lowest BCUT2D eigenvalue weighted by Gasteiger charge is -2.37. The second-order valence-electron chi connectivity index (χ2n) is 6.57. The van der Waals surface area contributed by atoms with Gasteiger partial charge in [0.2, 0.25) is 0 Å². The molecule has 0 bridgehead atoms. The number of piperidine rings is 1. The Morgan fingerprint density at radius 1 is 1.20 bits per heavy atom. The number of pyridine rings is 1. The van der Waals surface area contributed by atoms with Crippen LogP contribution < -0.4 is 4.74 Å². The number of benzene rings is 1. The maximum Gasteiger partial charge on any atom is 0.144 e. The fourth-order valence-electron chi connectivity index (χ4n) is 3.56. The molecule has 5 nitrogen and oxygen atoms in total. The number of nitrogens with zero attached hydrogens (tertiary/aromatic N) is 3. The van der Waals surface area contributed by atoms with Gasteiger partial charge >= 0.3 is 0 Å². The predicted molar refractivity (Wildman–Crippen MR) is 93.1 cm³/mol. The van der Waals surface area contributed by atoms with Gasteiger partial charge in [-0.15, -0.1) is 0 Å². The number of aromatic nitrogens is 1. The topological polar surface area (TPSA) is 61.7 Å². The maximum absolute atomic E-state index is 8.94. The van der Waals surface area contributed by atoms with E-state index < -0.39 is 0 Å². The van der Waals surface area contributed by atoms with E-state index in [1.54, 1.807) is 12.3 Å². The van der Waals surface area contributed by atoms with Crippen LogP contribution >= 0.6 is 0 Å². The zero-order valence-corrected chi connectivity index (χ0v) is 14.0. The molecule has 128 valence electrons. The molecule has 0 aliphatic carbocycles. The summed E-state index contributed by atoms with van der Waals surface area (Å²) in [6.07, 6.45) is 4.07. The van der Waals surface area contributed by atoms with Gasteiger partial charge in [-0.1, -0.05) is 30.3 Å². The molecule has 0 spiro atoms. The van der Waals surface area contributed by atoms with E-state index in [4.69, 9.17) is 14.7 Å². The molecule has 2 aliphatic heterocycles. The first-order valence-corrected chi connectivity index (χ1v) is 8.77. The van der Waals surface area contributed by atoms with E-state index in [1.807, 2.05) is 6.07 Å². The van der Waals surface area contributed by atoms with E-state index in [0.717, 1.165) is 38.3 Å². The lowest BCUT2D eigenvalue weighted by molar-refractivity contribution is 0.0650. The summed E-state index contributed by atoms with van der Waals surface area (Å²) in [5, 5.41) is 8.94. The van der Waals surface area contributed by atoms with Gasteiger partial charge in [0.05, 0.1) is 12.6 Å². The number of likely N-dealkylation sites (tertiary alicyclic amines) is 1. The Labute approximate surface area is 147 Å². The summed E-state index contributed by atoms with van der Waals surface area (Å²) in [4.78, 5) is 6.50. The van der Waals surface area contributed by atoms with Gasteiger partial charge < -0.3 is 9.47 Å². The molecular formula is C20H21N3O2. The minimum absolute atomic E-state index is 0.182. The van der Waals surface area contributed by atoms with Crippen molar-refractivity contribution in [3.05, 3.63) is 59.9 Å². The van der Waals surface area contributed by atoms with Crippen LogP contribution in [0.3, 0.4) is 0 Å². The first-order chi connectivity index (χ1) is 12.3. The quantitative estimate of drug-likeness (QED) is 0.786. The zero-order valence-electron chi connectivity index (χ0n) is 14.0. The number of ether oxygens (including phenoxy) is 2. The van der Waals surface area contributed by atoms with Crippen molar-refractivity contribution >= 4 is 0 Å². The Hall–Kier alpha value is -2.42. The van der Waals surface area contributed by atoms with Gasteiger partial charge in [0.25, 0.3) is 0 Å². The fourth-order valence-corrected chi connectivity index (χ4v) is 3.56. The Balaban J connectivity index is 1.38. The molecule has 5 heteroatoms. The first kappa shape index (κ1) is 16.1. The van der Waals surface area contributed by atoms with Crippen molar-refractivity contribution in [1.82, 2.24) is 9.88 Å². The van der Waals surface area contributed by atoms with E-state index >= 15 is 0 Å². The number of hydrogen-bond acceptors (Lipinski definition) is 5. The summed E-state index contributed by atoms with van der Waals surface area (Å²) in [6.45, 7) is 2.82. The first-order valence-electron chi connectivity index (χ1n) is 8.77. The van der Waals surface area contributed by atoms with Crippen molar-refractivity contribution in [2.75, 3.05) is 19.7 Å². The number of epoxide rings is 1. The molecule has 2 aromatic rings. The highest BCUT2D eigenvalue weighted by atomic mass is 16.6. The van der Waals surface area contributed by atoms with Crippen molar-refractivity contribution in [3.63, 3.8) is 0 Å². The average Bonchev–Trinajstić information content (AvgIpc) is 3.49. The van der Waals surface area contributed by atoms with Crippen molar-refractivity contribution in [1.29, 1.82) is 5.26 Å². The summed E-state index contributed by atoms with van der Waals surface area (Å²) in [5.41, 5.74) is 1.72. The summed E-state index contributed by atoms with van der Waals surface area (Å²) in [6, 6.07) is 16.5. The largest absolute Gasteiger partial charge is 0.490 e. The normalized spacial score (nSPS) is 22.1. The van der Waals surface area contributed by atoms with Crippen LogP contribution in [0.5, 0.6) is 5.75 Å². The Kier molecular flexibility index (Phi) is 4.64. The number of rotatable bonds is 5. The van der Waals surface area contributed by atoms with E-state index in [9.17, 15) is 0 Å². The molecule has 0 amide bonds. The molecule has 0 radical (unpaired) electrons. The monoisotopic (exact) mass is 335 g/mol. The second kappa shape index (κ2) is 7.22. The van der Waals surface area contributed by atoms with Gasteiger partial charge in [-0.25, -0.2) is 4.98 Å². The standard InChI is InChI=1S/C20H21N3O2/c21-13-16-12-18(6-9-22-16)25-17-7-10-23(11-8-17)20(19-14-24-19)15-4-2-1-3-5-15/h1-6,9,12,17,19-20H,7-8,10-11,14H2. The van der Waals surface area contributed by atoms with Gasteiger partial charge in [-0.05, 0) is 24.5 Å². The summed E-state index contributed by atoms with van der Waals surface area (Å²) < 4.78 is 11.7. The molecule has 1 aromatic heterocycles. The molecule has 3 heterocycles. The molecule has 0 saturated carbocycles. The maximum atomic E-state index is 8.94. The minimum Gasteiger partial charge on any atom is -0.490 e. The fraction of sp³-hybridized carbons (Fsp3) is 0.400. The zero-order chi connectivity index (χ0) is 17.1. The smallest absolute Gasteiger partial charge is 0.144 e. The van der Waals surface area contributed by atoms with Crippen LogP contribution in [0.15, 0.2) is 48.7 Å². The van der Waals surface area contributed by atoms with E-state index in [-0.39, 0.29) is 6.10 Å². The van der Waals surface area contributed by atoms with Crippen LogP contribution in [0.25, 0.3) is 0 Å². The lowest BCUT2D eigenvalue weighted by atomic mass is 9.98. The van der Waals surface area contributed by atoms with E-state index in [0.29, 0.717) is 17.8 Å².